The van der Waals surface area contributed by atoms with Crippen LogP contribution in [0.15, 0.2) is 72.8 Å². The minimum Gasteiger partial charge on any atom is -0.492 e. The van der Waals surface area contributed by atoms with Crippen LogP contribution in [0.5, 0.6) is 5.75 Å². The van der Waals surface area contributed by atoms with E-state index in [9.17, 15) is 0 Å². The van der Waals surface area contributed by atoms with Crippen LogP contribution in [-0.2, 0) is 11.8 Å². The van der Waals surface area contributed by atoms with E-state index in [0.717, 1.165) is 18.8 Å². The summed E-state index contributed by atoms with van der Waals surface area (Å²) in [5.41, 5.74) is 6.83. The van der Waals surface area contributed by atoms with Gasteiger partial charge >= 0.3 is 0 Å². The van der Waals surface area contributed by atoms with Gasteiger partial charge in [0.25, 0.3) is 0 Å². The van der Waals surface area contributed by atoms with E-state index in [1.165, 1.54) is 27.8 Å². The highest BCUT2D eigenvalue weighted by molar-refractivity contribution is 5.77. The molecule has 1 spiro atoms. The Hall–Kier alpha value is -2.54. The minimum atomic E-state index is -0.0401. The average Bonchev–Trinajstić information content (AvgIpc) is 2.95. The Morgan fingerprint density at radius 3 is 2.27 bits per heavy atom. The smallest absolute Gasteiger partial charge is 0.123 e. The molecule has 0 aromatic heterocycles. The molecular formula is C21H16O. The first-order valence-corrected chi connectivity index (χ1v) is 7.79. The largest absolute Gasteiger partial charge is 0.492 e. The van der Waals surface area contributed by atoms with Gasteiger partial charge in [-0.25, -0.2) is 0 Å². The number of benzene rings is 3. The highest BCUT2D eigenvalue weighted by Gasteiger charge is 2.46. The second-order valence-electron chi connectivity index (χ2n) is 6.25. The standard InChI is InChI=1S/C21H16O/c1-2-8-16-15(7-1)13-21(18-10-4-3-9-17(16)18)14-22-20-12-6-5-11-19(20)21/h1-12H,13-14H2. The first kappa shape index (κ1) is 12.0. The predicted octanol–water partition coefficient (Wildman–Crippen LogP) is 4.59. The van der Waals surface area contributed by atoms with Crippen LogP contribution in [-0.4, -0.2) is 6.61 Å². The molecule has 1 heterocycles. The van der Waals surface area contributed by atoms with Gasteiger partial charge in [-0.3, -0.25) is 0 Å². The molecule has 0 saturated carbocycles. The van der Waals surface area contributed by atoms with Crippen molar-refractivity contribution in [2.24, 2.45) is 0 Å². The van der Waals surface area contributed by atoms with Crippen molar-refractivity contribution in [3.8, 4) is 16.9 Å². The first-order valence-electron chi connectivity index (χ1n) is 7.79. The summed E-state index contributed by atoms with van der Waals surface area (Å²) in [7, 11) is 0. The van der Waals surface area contributed by atoms with E-state index in [1.807, 2.05) is 0 Å². The van der Waals surface area contributed by atoms with E-state index >= 15 is 0 Å². The number of hydrogen-bond donors (Lipinski definition) is 0. The molecule has 1 nitrogen and oxygen atoms in total. The molecule has 106 valence electrons. The van der Waals surface area contributed by atoms with Crippen molar-refractivity contribution in [1.82, 2.24) is 0 Å². The molecule has 1 atom stereocenters. The Kier molecular flexibility index (Phi) is 2.32. The zero-order chi connectivity index (χ0) is 14.6. The van der Waals surface area contributed by atoms with Crippen LogP contribution in [0.4, 0.5) is 0 Å². The summed E-state index contributed by atoms with van der Waals surface area (Å²) in [6, 6.07) is 26.1. The van der Waals surface area contributed by atoms with Gasteiger partial charge < -0.3 is 4.74 Å². The summed E-state index contributed by atoms with van der Waals surface area (Å²) in [6.45, 7) is 0.734. The molecule has 1 aliphatic carbocycles. The number of ether oxygens (including phenoxy) is 1. The van der Waals surface area contributed by atoms with Gasteiger partial charge in [0.2, 0.25) is 0 Å². The second kappa shape index (κ2) is 4.23. The third-order valence-corrected chi connectivity index (χ3v) is 5.12. The molecule has 1 heteroatoms. The van der Waals surface area contributed by atoms with Gasteiger partial charge in [-0.05, 0) is 34.7 Å². The van der Waals surface area contributed by atoms with Crippen LogP contribution in [0.25, 0.3) is 11.1 Å². The zero-order valence-corrected chi connectivity index (χ0v) is 12.3. The van der Waals surface area contributed by atoms with Crippen molar-refractivity contribution < 1.29 is 4.74 Å². The van der Waals surface area contributed by atoms with Gasteiger partial charge in [-0.2, -0.15) is 0 Å². The maximum Gasteiger partial charge on any atom is 0.123 e. The molecule has 0 N–H and O–H groups in total. The minimum absolute atomic E-state index is 0.0401. The summed E-state index contributed by atoms with van der Waals surface area (Å²) in [4.78, 5) is 0. The lowest BCUT2D eigenvalue weighted by molar-refractivity contribution is 0.289. The lowest BCUT2D eigenvalue weighted by Crippen LogP contribution is -2.35. The van der Waals surface area contributed by atoms with Crippen LogP contribution in [0.3, 0.4) is 0 Å². The zero-order valence-electron chi connectivity index (χ0n) is 12.3. The van der Waals surface area contributed by atoms with Crippen molar-refractivity contribution in [1.29, 1.82) is 0 Å². The summed E-state index contributed by atoms with van der Waals surface area (Å²) in [5.74, 6) is 1.04. The number of fused-ring (bicyclic) bond motifs is 6. The summed E-state index contributed by atoms with van der Waals surface area (Å²) < 4.78 is 6.06. The third kappa shape index (κ3) is 1.43. The van der Waals surface area contributed by atoms with Crippen LogP contribution in [0, 0.1) is 0 Å². The lowest BCUT2D eigenvalue weighted by atomic mass is 9.65. The van der Waals surface area contributed by atoms with Crippen LogP contribution in [0.2, 0.25) is 0 Å². The molecule has 0 amide bonds. The normalized spacial score (nSPS) is 20.9. The Balaban J connectivity index is 1.84. The molecule has 22 heavy (non-hydrogen) atoms. The van der Waals surface area contributed by atoms with E-state index in [-0.39, 0.29) is 5.41 Å². The van der Waals surface area contributed by atoms with Gasteiger partial charge in [-0.15, -0.1) is 0 Å². The van der Waals surface area contributed by atoms with E-state index in [4.69, 9.17) is 4.74 Å². The molecule has 5 rings (SSSR count). The van der Waals surface area contributed by atoms with Gasteiger partial charge in [0.1, 0.15) is 12.4 Å². The number of hydrogen-bond acceptors (Lipinski definition) is 1. The molecule has 2 aliphatic rings. The van der Waals surface area contributed by atoms with E-state index < -0.39 is 0 Å². The Morgan fingerprint density at radius 1 is 0.682 bits per heavy atom. The Morgan fingerprint density at radius 2 is 1.36 bits per heavy atom. The van der Waals surface area contributed by atoms with Gasteiger partial charge in [-0.1, -0.05) is 66.7 Å². The van der Waals surface area contributed by atoms with Crippen molar-refractivity contribution >= 4 is 0 Å². The number of rotatable bonds is 0. The van der Waals surface area contributed by atoms with Crippen molar-refractivity contribution in [2.75, 3.05) is 6.61 Å². The number of para-hydroxylation sites is 1. The molecular weight excluding hydrogens is 268 g/mol. The monoisotopic (exact) mass is 284 g/mol. The fraction of sp³-hybridized carbons (Fsp3) is 0.143. The SMILES string of the molecule is c1ccc2c(c1)CC1(COc3ccccc31)c1ccccc1-2. The molecule has 3 aromatic rings. The van der Waals surface area contributed by atoms with Gasteiger partial charge in [0.15, 0.2) is 0 Å². The lowest BCUT2D eigenvalue weighted by Gasteiger charge is -2.36. The predicted molar refractivity (Wildman–Crippen MR) is 88.3 cm³/mol. The molecule has 3 aromatic carbocycles. The topological polar surface area (TPSA) is 9.23 Å². The van der Waals surface area contributed by atoms with E-state index in [1.54, 1.807) is 0 Å². The van der Waals surface area contributed by atoms with Gasteiger partial charge in [0.05, 0.1) is 5.41 Å². The summed E-state index contributed by atoms with van der Waals surface area (Å²) in [6.07, 6.45) is 1.01. The fourth-order valence-corrected chi connectivity index (χ4v) is 4.13. The average molecular weight is 284 g/mol. The van der Waals surface area contributed by atoms with E-state index in [2.05, 4.69) is 72.8 Å². The highest BCUT2D eigenvalue weighted by Crippen LogP contribution is 2.52. The van der Waals surface area contributed by atoms with Crippen molar-refractivity contribution in [3.05, 3.63) is 89.5 Å². The third-order valence-electron chi connectivity index (χ3n) is 5.12. The van der Waals surface area contributed by atoms with E-state index in [0.29, 0.717) is 0 Å². The summed E-state index contributed by atoms with van der Waals surface area (Å²) >= 11 is 0. The molecule has 1 aliphatic heterocycles. The van der Waals surface area contributed by atoms with Crippen molar-refractivity contribution in [3.63, 3.8) is 0 Å². The summed E-state index contributed by atoms with van der Waals surface area (Å²) in [5, 5.41) is 0. The molecule has 0 radical (unpaired) electrons. The molecule has 0 fully saturated rings. The van der Waals surface area contributed by atoms with Gasteiger partial charge in [0, 0.05) is 5.56 Å². The maximum atomic E-state index is 6.06. The van der Waals surface area contributed by atoms with Crippen LogP contribution in [0.1, 0.15) is 16.7 Å². The molecule has 1 unspecified atom stereocenters. The first-order chi connectivity index (χ1) is 10.9. The quantitative estimate of drug-likeness (QED) is 0.587. The second-order valence-corrected chi connectivity index (χ2v) is 6.25. The Labute approximate surface area is 130 Å². The fourth-order valence-electron chi connectivity index (χ4n) is 4.13. The van der Waals surface area contributed by atoms with Crippen molar-refractivity contribution in [2.45, 2.75) is 11.8 Å². The molecule has 0 saturated heterocycles. The Bertz CT molecular complexity index is 880. The molecule has 0 bridgehead atoms. The van der Waals surface area contributed by atoms with Crippen LogP contribution < -0.4 is 4.74 Å². The highest BCUT2D eigenvalue weighted by atomic mass is 16.5. The van der Waals surface area contributed by atoms with Crippen LogP contribution >= 0.6 is 0 Å². The maximum absolute atomic E-state index is 6.06.